The normalized spacial score (nSPS) is 17.6. The number of hydrogen-bond donors (Lipinski definition) is 2. The van der Waals surface area contributed by atoms with Crippen LogP contribution in [-0.4, -0.2) is 40.8 Å². The second-order valence-electron chi connectivity index (χ2n) is 9.56. The number of likely N-dealkylation sites (tertiary alicyclic amines) is 1. The lowest BCUT2D eigenvalue weighted by Crippen LogP contribution is -2.70. The number of carbonyl (C=O) groups excluding carboxylic acids is 3. The van der Waals surface area contributed by atoms with Crippen molar-refractivity contribution in [1.82, 2.24) is 15.2 Å². The highest BCUT2D eigenvalue weighted by molar-refractivity contribution is 6.12. The first kappa shape index (κ1) is 25.9. The third-order valence-corrected chi connectivity index (χ3v) is 6.80. The number of aryl methyl sites for hydroxylation is 2. The van der Waals surface area contributed by atoms with Crippen LogP contribution in [-0.2, 0) is 16.0 Å². The second kappa shape index (κ2) is 10.8. The Kier molecular flexibility index (Phi) is 7.57. The van der Waals surface area contributed by atoms with Crippen LogP contribution in [0.25, 0.3) is 0 Å². The summed E-state index contributed by atoms with van der Waals surface area (Å²) in [6, 6.07) is 18.8. The molecule has 1 aliphatic rings. The van der Waals surface area contributed by atoms with Crippen molar-refractivity contribution < 1.29 is 14.4 Å². The predicted octanol–water partition coefficient (Wildman–Crippen LogP) is 4.17. The van der Waals surface area contributed by atoms with E-state index in [9.17, 15) is 14.4 Å². The van der Waals surface area contributed by atoms with Crippen molar-refractivity contribution in [2.75, 3.05) is 17.7 Å². The van der Waals surface area contributed by atoms with Gasteiger partial charge in [-0.05, 0) is 62.1 Å². The van der Waals surface area contributed by atoms with Gasteiger partial charge in [0.1, 0.15) is 11.9 Å². The molecule has 3 atom stereocenters. The van der Waals surface area contributed by atoms with Crippen LogP contribution < -0.4 is 16.0 Å². The molecule has 0 saturated carbocycles. The molecule has 0 radical (unpaired) electrons. The third-order valence-electron chi connectivity index (χ3n) is 6.80. The maximum Gasteiger partial charge on any atom is 0.325 e. The van der Waals surface area contributed by atoms with E-state index in [-0.39, 0.29) is 24.3 Å². The molecule has 8 nitrogen and oxygen atoms in total. The highest BCUT2D eigenvalue weighted by Gasteiger charge is 2.55. The van der Waals surface area contributed by atoms with Crippen LogP contribution >= 0.6 is 0 Å². The van der Waals surface area contributed by atoms with Gasteiger partial charge < -0.3 is 16.0 Å². The Morgan fingerprint density at radius 3 is 2.46 bits per heavy atom. The van der Waals surface area contributed by atoms with Gasteiger partial charge in [0.25, 0.3) is 5.91 Å². The summed E-state index contributed by atoms with van der Waals surface area (Å²) >= 11 is 0. The van der Waals surface area contributed by atoms with Crippen LogP contribution in [0.3, 0.4) is 0 Å². The summed E-state index contributed by atoms with van der Waals surface area (Å²) in [5.74, 6) is -1.05. The number of carbonyl (C=O) groups is 3. The maximum absolute atomic E-state index is 13.7. The van der Waals surface area contributed by atoms with Gasteiger partial charge in [0.15, 0.2) is 0 Å². The molecule has 3 N–H and O–H groups in total. The Morgan fingerprint density at radius 1 is 1.08 bits per heavy atom. The molecule has 1 aliphatic heterocycles. The van der Waals surface area contributed by atoms with Crippen molar-refractivity contribution in [3.8, 4) is 0 Å². The van der Waals surface area contributed by atoms with Crippen molar-refractivity contribution in [2.45, 2.75) is 45.7 Å². The molecule has 2 heterocycles. The molecule has 0 unspecified atom stereocenters. The minimum absolute atomic E-state index is 0.282. The largest absolute Gasteiger partial charge is 0.384 e. The van der Waals surface area contributed by atoms with Gasteiger partial charge in [0, 0.05) is 18.4 Å². The van der Waals surface area contributed by atoms with Crippen molar-refractivity contribution in [3.63, 3.8) is 0 Å². The number of aromatic nitrogens is 1. The second-order valence-corrected chi connectivity index (χ2v) is 9.56. The number of β-lactam (4-membered cyclic amide) rings is 1. The van der Waals surface area contributed by atoms with Crippen molar-refractivity contribution in [1.29, 1.82) is 0 Å². The number of benzene rings is 2. The number of anilines is 2. The van der Waals surface area contributed by atoms with E-state index in [2.05, 4.69) is 10.3 Å². The number of nitrogens with two attached hydrogens (primary N) is 1. The molecule has 4 rings (SSSR count). The average Bonchev–Trinajstić information content (AvgIpc) is 2.87. The smallest absolute Gasteiger partial charge is 0.325 e. The Morgan fingerprint density at radius 2 is 1.81 bits per heavy atom. The molecule has 2 aromatic carbocycles. The summed E-state index contributed by atoms with van der Waals surface area (Å²) in [5, 5.41) is 2.97. The van der Waals surface area contributed by atoms with Gasteiger partial charge in [-0.25, -0.2) is 9.78 Å². The minimum atomic E-state index is -0.942. The number of amides is 4. The highest BCUT2D eigenvalue weighted by atomic mass is 16.2. The summed E-state index contributed by atoms with van der Waals surface area (Å²) in [6.45, 7) is 5.78. The fourth-order valence-electron chi connectivity index (χ4n) is 4.90. The minimum Gasteiger partial charge on any atom is -0.384 e. The van der Waals surface area contributed by atoms with Crippen LogP contribution in [0, 0.1) is 19.8 Å². The van der Waals surface area contributed by atoms with E-state index in [0.29, 0.717) is 17.9 Å². The molecule has 1 aromatic heterocycles. The Balaban J connectivity index is 1.61. The number of hydrogen-bond acceptors (Lipinski definition) is 5. The standard InChI is InChI=1S/C29H33N5O3/c1-5-24(21-11-9-10-18(2)14-21)32-29(37)34-26(28(36)33(4)22-12-7-6-8-13-22)23(27(34)35)16-20-15-19(3)31-25(30)17-20/h6-15,17,23-24,26H,5,16H2,1-4H3,(H2,30,31)(H,32,37)/t23-,24-,26+/m1/s1. The monoisotopic (exact) mass is 499 g/mol. The molecule has 1 fully saturated rings. The van der Waals surface area contributed by atoms with E-state index in [1.165, 1.54) is 4.90 Å². The van der Waals surface area contributed by atoms with Gasteiger partial charge in [0.05, 0.1) is 12.0 Å². The summed E-state index contributed by atoms with van der Waals surface area (Å²) < 4.78 is 0. The van der Waals surface area contributed by atoms with Crippen molar-refractivity contribution >= 4 is 29.4 Å². The molecule has 0 spiro atoms. The Hall–Kier alpha value is -4.20. The summed E-state index contributed by atoms with van der Waals surface area (Å²) in [7, 11) is 1.66. The van der Waals surface area contributed by atoms with Crippen LogP contribution in [0.4, 0.5) is 16.3 Å². The van der Waals surface area contributed by atoms with E-state index in [1.54, 1.807) is 13.1 Å². The fourth-order valence-corrected chi connectivity index (χ4v) is 4.90. The van der Waals surface area contributed by atoms with Crippen molar-refractivity contribution in [3.05, 3.63) is 89.1 Å². The van der Waals surface area contributed by atoms with Crippen molar-refractivity contribution in [2.24, 2.45) is 5.92 Å². The Labute approximate surface area is 217 Å². The molecule has 192 valence electrons. The fraction of sp³-hybridized carbons (Fsp3) is 0.310. The number of pyridine rings is 1. The average molecular weight is 500 g/mol. The molecule has 0 bridgehead atoms. The zero-order valence-electron chi connectivity index (χ0n) is 21.6. The van der Waals surface area contributed by atoms with Gasteiger partial charge in [-0.3, -0.25) is 14.5 Å². The Bertz CT molecular complexity index is 1290. The number of urea groups is 1. The third kappa shape index (κ3) is 5.48. The van der Waals surface area contributed by atoms with Gasteiger partial charge in [-0.15, -0.1) is 0 Å². The first-order valence-corrected chi connectivity index (χ1v) is 12.5. The van der Waals surface area contributed by atoms with Gasteiger partial charge >= 0.3 is 6.03 Å². The zero-order valence-corrected chi connectivity index (χ0v) is 21.6. The molecule has 1 saturated heterocycles. The molecule has 8 heteroatoms. The predicted molar refractivity (Wildman–Crippen MR) is 144 cm³/mol. The highest BCUT2D eigenvalue weighted by Crippen LogP contribution is 2.33. The lowest BCUT2D eigenvalue weighted by atomic mass is 9.81. The topological polar surface area (TPSA) is 109 Å². The SMILES string of the molecule is CC[C@@H](NC(=O)N1C(=O)[C@H](Cc2cc(C)nc(N)c2)[C@H]1C(=O)N(C)c1ccccc1)c1cccc(C)c1. The van der Waals surface area contributed by atoms with Crippen LogP contribution in [0.2, 0.25) is 0 Å². The molecular weight excluding hydrogens is 466 g/mol. The van der Waals surface area contributed by atoms with Crippen LogP contribution in [0.1, 0.15) is 41.8 Å². The number of rotatable bonds is 7. The lowest BCUT2D eigenvalue weighted by Gasteiger charge is -2.46. The maximum atomic E-state index is 13.7. The molecule has 3 aromatic rings. The molecular formula is C29H33N5O3. The number of likely N-dealkylation sites (N-methyl/N-ethyl adjacent to an activating group) is 1. The van der Waals surface area contributed by atoms with E-state index in [4.69, 9.17) is 5.73 Å². The van der Waals surface area contributed by atoms with E-state index >= 15 is 0 Å². The molecule has 4 amide bonds. The van der Waals surface area contributed by atoms with E-state index in [0.717, 1.165) is 27.3 Å². The zero-order chi connectivity index (χ0) is 26.7. The van der Waals surface area contributed by atoms with Gasteiger partial charge in [-0.1, -0.05) is 55.0 Å². The van der Waals surface area contributed by atoms with Gasteiger partial charge in [-0.2, -0.15) is 0 Å². The number of imide groups is 1. The number of nitrogens with one attached hydrogen (secondary N) is 1. The molecule has 0 aliphatic carbocycles. The van der Waals surface area contributed by atoms with Crippen LogP contribution in [0.5, 0.6) is 0 Å². The summed E-state index contributed by atoms with van der Waals surface area (Å²) in [4.78, 5) is 47.3. The first-order chi connectivity index (χ1) is 17.7. The number of nitrogens with zero attached hydrogens (tertiary/aromatic N) is 3. The first-order valence-electron chi connectivity index (χ1n) is 12.5. The number of para-hydroxylation sites is 1. The summed E-state index contributed by atoms with van der Waals surface area (Å²) in [6.07, 6.45) is 0.920. The van der Waals surface area contributed by atoms with E-state index in [1.807, 2.05) is 81.4 Å². The quantitative estimate of drug-likeness (QED) is 0.474. The van der Waals surface area contributed by atoms with E-state index < -0.39 is 18.0 Å². The summed E-state index contributed by atoms with van der Waals surface area (Å²) in [5.41, 5.74) is 10.2. The number of nitrogen functional groups attached to an aromatic ring is 1. The lowest BCUT2D eigenvalue weighted by molar-refractivity contribution is -0.156. The molecule has 37 heavy (non-hydrogen) atoms. The van der Waals surface area contributed by atoms with Gasteiger partial charge in [0.2, 0.25) is 5.91 Å². The van der Waals surface area contributed by atoms with Crippen LogP contribution in [0.15, 0.2) is 66.7 Å².